The molecule has 0 aliphatic heterocycles. The molecule has 1 aromatic heterocycles. The van der Waals surface area contributed by atoms with Crippen molar-refractivity contribution in [2.75, 3.05) is 11.6 Å². The maximum atomic E-state index is 5.92. The smallest absolute Gasteiger partial charge is 0.150 e. The van der Waals surface area contributed by atoms with Crippen LogP contribution in [0.4, 0.5) is 5.82 Å². The monoisotopic (exact) mass is 216 g/mol. The second-order valence-corrected chi connectivity index (χ2v) is 4.08. The molecule has 84 valence electrons. The van der Waals surface area contributed by atoms with Crippen molar-refractivity contribution in [2.45, 2.75) is 20.8 Å². The Morgan fingerprint density at radius 1 is 1.19 bits per heavy atom. The van der Waals surface area contributed by atoms with Gasteiger partial charge >= 0.3 is 0 Å². The minimum Gasteiger partial charge on any atom is -0.382 e. The van der Waals surface area contributed by atoms with Crippen LogP contribution in [0.15, 0.2) is 18.2 Å². The van der Waals surface area contributed by atoms with E-state index in [-0.39, 0.29) is 0 Å². The van der Waals surface area contributed by atoms with Crippen molar-refractivity contribution < 1.29 is 0 Å². The van der Waals surface area contributed by atoms with Crippen molar-refractivity contribution in [1.82, 2.24) is 9.66 Å². The lowest BCUT2D eigenvalue weighted by Crippen LogP contribution is -2.13. The summed E-state index contributed by atoms with van der Waals surface area (Å²) in [5, 5.41) is 0. The summed E-state index contributed by atoms with van der Waals surface area (Å²) in [5.41, 5.74) is 10.1. The molecule has 4 heteroatoms. The third-order valence-corrected chi connectivity index (χ3v) is 2.76. The average Bonchev–Trinajstić information content (AvgIpc) is 2.46. The highest BCUT2D eigenvalue weighted by Crippen LogP contribution is 2.28. The van der Waals surface area contributed by atoms with Crippen LogP contribution in [0.3, 0.4) is 0 Å². The first kappa shape index (κ1) is 10.5. The summed E-state index contributed by atoms with van der Waals surface area (Å²) < 4.78 is 1.41. The standard InChI is InChI=1S/C12H16N4/c1-7-4-5-10(8(2)6-7)11-12(13)16(14)9(3)15-11/h4-6H,13-14H2,1-3H3. The van der Waals surface area contributed by atoms with E-state index < -0.39 is 0 Å². The largest absolute Gasteiger partial charge is 0.382 e. The van der Waals surface area contributed by atoms with E-state index >= 15 is 0 Å². The Labute approximate surface area is 94.9 Å². The van der Waals surface area contributed by atoms with E-state index in [0.29, 0.717) is 11.6 Å². The number of hydrogen-bond donors (Lipinski definition) is 2. The molecule has 2 rings (SSSR count). The fraction of sp³-hybridized carbons (Fsp3) is 0.250. The molecule has 0 saturated heterocycles. The number of benzene rings is 1. The SMILES string of the molecule is Cc1ccc(-c2nc(C)n(N)c2N)c(C)c1. The third-order valence-electron chi connectivity index (χ3n) is 2.76. The molecular weight excluding hydrogens is 200 g/mol. The van der Waals surface area contributed by atoms with Crippen LogP contribution in [0, 0.1) is 20.8 Å². The zero-order valence-electron chi connectivity index (χ0n) is 9.78. The van der Waals surface area contributed by atoms with Gasteiger partial charge in [0.15, 0.2) is 5.82 Å². The molecule has 0 radical (unpaired) electrons. The molecule has 0 bridgehead atoms. The summed E-state index contributed by atoms with van der Waals surface area (Å²) in [5.74, 6) is 6.97. The predicted octanol–water partition coefficient (Wildman–Crippen LogP) is 1.77. The highest BCUT2D eigenvalue weighted by molar-refractivity contribution is 5.73. The molecule has 16 heavy (non-hydrogen) atoms. The topological polar surface area (TPSA) is 69.9 Å². The van der Waals surface area contributed by atoms with Crippen LogP contribution in [0.25, 0.3) is 11.3 Å². The fourth-order valence-electron chi connectivity index (χ4n) is 1.84. The normalized spacial score (nSPS) is 10.7. The van der Waals surface area contributed by atoms with Crippen molar-refractivity contribution in [3.63, 3.8) is 0 Å². The van der Waals surface area contributed by atoms with Crippen LogP contribution in [-0.4, -0.2) is 9.66 Å². The quantitative estimate of drug-likeness (QED) is 0.714. The van der Waals surface area contributed by atoms with E-state index in [2.05, 4.69) is 18.0 Å². The molecule has 0 amide bonds. The third kappa shape index (κ3) is 1.52. The van der Waals surface area contributed by atoms with Gasteiger partial charge in [0.2, 0.25) is 0 Å². The molecule has 0 spiro atoms. The number of imidazole rings is 1. The van der Waals surface area contributed by atoms with Gasteiger partial charge in [0.25, 0.3) is 0 Å². The maximum Gasteiger partial charge on any atom is 0.150 e. The Balaban J connectivity index is 2.63. The molecule has 4 nitrogen and oxygen atoms in total. The molecule has 0 saturated carbocycles. The first-order valence-corrected chi connectivity index (χ1v) is 5.18. The average molecular weight is 216 g/mol. The lowest BCUT2D eigenvalue weighted by atomic mass is 10.0. The van der Waals surface area contributed by atoms with Gasteiger partial charge in [-0.25, -0.2) is 9.66 Å². The lowest BCUT2D eigenvalue weighted by molar-refractivity contribution is 0.937. The van der Waals surface area contributed by atoms with Crippen LogP contribution >= 0.6 is 0 Å². The molecule has 2 aromatic rings. The number of aryl methyl sites for hydroxylation is 3. The molecule has 1 heterocycles. The van der Waals surface area contributed by atoms with Gasteiger partial charge < -0.3 is 11.6 Å². The molecule has 0 unspecified atom stereocenters. The highest BCUT2D eigenvalue weighted by atomic mass is 15.4. The number of aromatic nitrogens is 2. The minimum atomic E-state index is 0.504. The minimum absolute atomic E-state index is 0.504. The van der Waals surface area contributed by atoms with Crippen LogP contribution in [0.1, 0.15) is 17.0 Å². The molecule has 0 aliphatic rings. The lowest BCUT2D eigenvalue weighted by Gasteiger charge is -2.05. The maximum absolute atomic E-state index is 5.92. The predicted molar refractivity (Wildman–Crippen MR) is 66.4 cm³/mol. The van der Waals surface area contributed by atoms with Gasteiger partial charge in [-0.15, -0.1) is 0 Å². The summed E-state index contributed by atoms with van der Waals surface area (Å²) >= 11 is 0. The first-order chi connectivity index (χ1) is 7.50. The Bertz CT molecular complexity index is 540. The van der Waals surface area contributed by atoms with Crippen LogP contribution in [0.5, 0.6) is 0 Å². The summed E-state index contributed by atoms with van der Waals surface area (Å²) in [6, 6.07) is 6.19. The van der Waals surface area contributed by atoms with Crippen LogP contribution in [0.2, 0.25) is 0 Å². The number of hydrogen-bond acceptors (Lipinski definition) is 3. The second kappa shape index (κ2) is 3.56. The van der Waals surface area contributed by atoms with E-state index in [9.17, 15) is 0 Å². The molecule has 4 N–H and O–H groups in total. The van der Waals surface area contributed by atoms with E-state index in [0.717, 1.165) is 16.8 Å². The van der Waals surface area contributed by atoms with Gasteiger partial charge in [0.05, 0.1) is 0 Å². The molecule has 1 aromatic carbocycles. The van der Waals surface area contributed by atoms with E-state index in [4.69, 9.17) is 11.6 Å². The Morgan fingerprint density at radius 3 is 2.38 bits per heavy atom. The number of nitrogens with two attached hydrogens (primary N) is 2. The fourth-order valence-corrected chi connectivity index (χ4v) is 1.84. The van der Waals surface area contributed by atoms with Crippen molar-refractivity contribution >= 4 is 5.82 Å². The summed E-state index contributed by atoms with van der Waals surface area (Å²) in [6.45, 7) is 5.95. The van der Waals surface area contributed by atoms with Gasteiger partial charge in [-0.2, -0.15) is 0 Å². The van der Waals surface area contributed by atoms with Crippen LogP contribution in [-0.2, 0) is 0 Å². The van der Waals surface area contributed by atoms with Gasteiger partial charge in [0, 0.05) is 5.56 Å². The van der Waals surface area contributed by atoms with E-state index in [1.165, 1.54) is 10.2 Å². The van der Waals surface area contributed by atoms with E-state index in [1.54, 1.807) is 0 Å². The Morgan fingerprint density at radius 2 is 1.88 bits per heavy atom. The Hall–Kier alpha value is -1.97. The number of rotatable bonds is 1. The van der Waals surface area contributed by atoms with Crippen molar-refractivity contribution in [3.8, 4) is 11.3 Å². The van der Waals surface area contributed by atoms with Gasteiger partial charge in [-0.3, -0.25) is 0 Å². The van der Waals surface area contributed by atoms with Crippen molar-refractivity contribution in [3.05, 3.63) is 35.2 Å². The van der Waals surface area contributed by atoms with Gasteiger partial charge in [-0.1, -0.05) is 23.8 Å². The number of nitrogens with zero attached hydrogens (tertiary/aromatic N) is 2. The highest BCUT2D eigenvalue weighted by Gasteiger charge is 2.13. The Kier molecular flexibility index (Phi) is 2.34. The molecular formula is C12H16N4. The number of anilines is 1. The summed E-state index contributed by atoms with van der Waals surface area (Å²) in [7, 11) is 0. The van der Waals surface area contributed by atoms with Crippen molar-refractivity contribution in [2.24, 2.45) is 0 Å². The molecule has 0 fully saturated rings. The zero-order valence-corrected chi connectivity index (χ0v) is 9.78. The summed E-state index contributed by atoms with van der Waals surface area (Å²) in [4.78, 5) is 4.38. The summed E-state index contributed by atoms with van der Waals surface area (Å²) in [6.07, 6.45) is 0. The van der Waals surface area contributed by atoms with Crippen molar-refractivity contribution in [1.29, 1.82) is 0 Å². The number of nitrogen functional groups attached to an aromatic ring is 2. The zero-order chi connectivity index (χ0) is 11.9. The second-order valence-electron chi connectivity index (χ2n) is 4.08. The first-order valence-electron chi connectivity index (χ1n) is 5.18. The van der Waals surface area contributed by atoms with E-state index in [1.807, 2.05) is 26.0 Å². The molecule has 0 aliphatic carbocycles. The van der Waals surface area contributed by atoms with Crippen LogP contribution < -0.4 is 11.6 Å². The van der Waals surface area contributed by atoms with Gasteiger partial charge in [-0.05, 0) is 26.3 Å². The van der Waals surface area contributed by atoms with Gasteiger partial charge in [0.1, 0.15) is 11.5 Å². The molecule has 0 atom stereocenters.